The van der Waals surface area contributed by atoms with Crippen LogP contribution in [0, 0.1) is 0 Å². The van der Waals surface area contributed by atoms with Gasteiger partial charge in [0.1, 0.15) is 9.84 Å². The van der Waals surface area contributed by atoms with Crippen molar-refractivity contribution in [2.45, 2.75) is 13.3 Å². The number of nitrogens with one attached hydrogen (secondary N) is 1. The van der Waals surface area contributed by atoms with Crippen molar-refractivity contribution in [1.29, 1.82) is 0 Å². The summed E-state index contributed by atoms with van der Waals surface area (Å²) in [5, 5.41) is 5.17. The summed E-state index contributed by atoms with van der Waals surface area (Å²) in [5.74, 6) is -0.311. The van der Waals surface area contributed by atoms with E-state index in [4.69, 9.17) is 4.74 Å². The summed E-state index contributed by atoms with van der Waals surface area (Å²) in [6.45, 7) is 2.55. The largest absolute Gasteiger partial charge is 0.461 e. The number of rotatable bonds is 7. The first kappa shape index (κ1) is 14.9. The average Bonchev–Trinajstić information content (AvgIpc) is 2.72. The molecule has 1 aromatic heterocycles. The monoisotopic (exact) mass is 292 g/mol. The summed E-state index contributed by atoms with van der Waals surface area (Å²) < 4.78 is 26.6. The minimum Gasteiger partial charge on any atom is -0.461 e. The molecule has 0 aromatic carbocycles. The molecule has 0 saturated heterocycles. The Labute approximate surface area is 110 Å². The molecule has 0 fully saturated rings. The van der Waals surface area contributed by atoms with Crippen molar-refractivity contribution >= 4 is 32.3 Å². The average molecular weight is 292 g/mol. The minimum atomic E-state index is -2.93. The van der Waals surface area contributed by atoms with Crippen LogP contribution in [-0.4, -0.2) is 44.5 Å². The van der Waals surface area contributed by atoms with E-state index in [1.165, 1.54) is 17.6 Å². The predicted molar refractivity (Wildman–Crippen MR) is 70.9 cm³/mol. The lowest BCUT2D eigenvalue weighted by Gasteiger charge is -2.01. The van der Waals surface area contributed by atoms with Gasteiger partial charge in [0.2, 0.25) is 0 Å². The van der Waals surface area contributed by atoms with Crippen molar-refractivity contribution in [2.75, 3.05) is 30.5 Å². The fraction of sp³-hybridized carbons (Fsp3) is 0.600. The molecule has 6 nitrogen and oxygen atoms in total. The van der Waals surface area contributed by atoms with E-state index in [1.807, 2.05) is 0 Å². The third-order valence-electron chi connectivity index (χ3n) is 1.96. The number of nitrogens with zero attached hydrogens (tertiary/aromatic N) is 1. The quantitative estimate of drug-likeness (QED) is 0.599. The van der Waals surface area contributed by atoms with Gasteiger partial charge >= 0.3 is 5.97 Å². The number of ether oxygens (including phenoxy) is 1. The van der Waals surface area contributed by atoms with Crippen LogP contribution in [0.5, 0.6) is 0 Å². The molecule has 1 heterocycles. The molecular formula is C10H16N2O4S2. The fourth-order valence-corrected chi connectivity index (χ4v) is 2.56. The summed E-state index contributed by atoms with van der Waals surface area (Å²) in [7, 11) is -2.93. The molecule has 0 spiro atoms. The van der Waals surface area contributed by atoms with Gasteiger partial charge in [-0.15, -0.1) is 11.3 Å². The van der Waals surface area contributed by atoms with Gasteiger partial charge in [-0.2, -0.15) is 0 Å². The molecule has 1 aromatic rings. The molecule has 0 unspecified atom stereocenters. The van der Waals surface area contributed by atoms with Crippen LogP contribution in [0.3, 0.4) is 0 Å². The van der Waals surface area contributed by atoms with Gasteiger partial charge in [0.15, 0.2) is 10.8 Å². The van der Waals surface area contributed by atoms with Gasteiger partial charge in [-0.3, -0.25) is 0 Å². The smallest absolute Gasteiger partial charge is 0.357 e. The minimum absolute atomic E-state index is 0.135. The Morgan fingerprint density at radius 3 is 2.89 bits per heavy atom. The van der Waals surface area contributed by atoms with Crippen LogP contribution in [0.4, 0.5) is 5.13 Å². The highest BCUT2D eigenvalue weighted by Gasteiger charge is 2.11. The van der Waals surface area contributed by atoms with Gasteiger partial charge in [-0.25, -0.2) is 18.2 Å². The molecule has 0 aliphatic rings. The number of esters is 1. The maximum Gasteiger partial charge on any atom is 0.357 e. The second-order valence-corrected chi connectivity index (χ2v) is 6.79. The Balaban J connectivity index is 2.38. The molecule has 18 heavy (non-hydrogen) atoms. The number of hydrogen-bond donors (Lipinski definition) is 1. The first-order valence-electron chi connectivity index (χ1n) is 5.46. The van der Waals surface area contributed by atoms with Crippen molar-refractivity contribution in [3.8, 4) is 0 Å². The maximum atomic E-state index is 11.3. The van der Waals surface area contributed by atoms with Crippen molar-refractivity contribution in [3.63, 3.8) is 0 Å². The van der Waals surface area contributed by atoms with E-state index < -0.39 is 15.8 Å². The highest BCUT2D eigenvalue weighted by atomic mass is 32.2. The van der Waals surface area contributed by atoms with Crippen LogP contribution >= 0.6 is 11.3 Å². The molecule has 102 valence electrons. The molecule has 1 rings (SSSR count). The maximum absolute atomic E-state index is 11.3. The molecule has 0 saturated carbocycles. The van der Waals surface area contributed by atoms with Crippen LogP contribution in [0.25, 0.3) is 0 Å². The molecule has 0 aliphatic carbocycles. The van der Waals surface area contributed by atoms with E-state index in [-0.39, 0.29) is 11.4 Å². The van der Waals surface area contributed by atoms with E-state index in [1.54, 1.807) is 12.3 Å². The predicted octanol–water partition coefficient (Wildman–Crippen LogP) is 1.17. The van der Waals surface area contributed by atoms with Crippen LogP contribution in [0.2, 0.25) is 0 Å². The van der Waals surface area contributed by atoms with Crippen LogP contribution in [-0.2, 0) is 14.6 Å². The molecule has 0 atom stereocenters. The SMILES string of the molecule is CCOC(=O)c1csc(NCCCS(C)(=O)=O)n1. The molecule has 1 N–H and O–H groups in total. The second kappa shape index (κ2) is 6.69. The molecule has 0 bridgehead atoms. The van der Waals surface area contributed by atoms with Crippen molar-refractivity contribution < 1.29 is 17.9 Å². The lowest BCUT2D eigenvalue weighted by atomic mass is 10.5. The normalized spacial score (nSPS) is 11.2. The molecule has 0 aliphatic heterocycles. The second-order valence-electron chi connectivity index (χ2n) is 3.67. The fourth-order valence-electron chi connectivity index (χ4n) is 1.18. The Morgan fingerprint density at radius 2 is 2.28 bits per heavy atom. The Bertz CT molecular complexity index is 496. The van der Waals surface area contributed by atoms with E-state index >= 15 is 0 Å². The summed E-state index contributed by atoms with van der Waals surface area (Å²) in [6, 6.07) is 0. The number of carbonyl (C=O) groups is 1. The van der Waals surface area contributed by atoms with Crippen LogP contribution in [0.1, 0.15) is 23.8 Å². The van der Waals surface area contributed by atoms with E-state index in [0.29, 0.717) is 24.7 Å². The van der Waals surface area contributed by atoms with Crippen molar-refractivity contribution in [3.05, 3.63) is 11.1 Å². The lowest BCUT2D eigenvalue weighted by molar-refractivity contribution is 0.0520. The van der Waals surface area contributed by atoms with E-state index in [9.17, 15) is 13.2 Å². The zero-order chi connectivity index (χ0) is 13.6. The van der Waals surface area contributed by atoms with Gasteiger partial charge < -0.3 is 10.1 Å². The van der Waals surface area contributed by atoms with E-state index in [2.05, 4.69) is 10.3 Å². The molecule has 8 heteroatoms. The number of carbonyl (C=O) groups excluding carboxylic acids is 1. The number of sulfone groups is 1. The molecular weight excluding hydrogens is 276 g/mol. The van der Waals surface area contributed by atoms with Crippen molar-refractivity contribution in [1.82, 2.24) is 4.98 Å². The third-order valence-corrected chi connectivity index (χ3v) is 3.79. The van der Waals surface area contributed by atoms with Gasteiger partial charge in [0.25, 0.3) is 0 Å². The van der Waals surface area contributed by atoms with Gasteiger partial charge in [-0.05, 0) is 13.3 Å². The van der Waals surface area contributed by atoms with Gasteiger partial charge in [0.05, 0.1) is 12.4 Å². The highest BCUT2D eigenvalue weighted by Crippen LogP contribution is 2.15. The highest BCUT2D eigenvalue weighted by molar-refractivity contribution is 7.90. The zero-order valence-electron chi connectivity index (χ0n) is 10.3. The molecule has 0 amide bonds. The van der Waals surface area contributed by atoms with Gasteiger partial charge in [0, 0.05) is 18.2 Å². The topological polar surface area (TPSA) is 85.4 Å². The number of aromatic nitrogens is 1. The Morgan fingerprint density at radius 1 is 1.56 bits per heavy atom. The number of thiazole rings is 1. The van der Waals surface area contributed by atoms with Crippen LogP contribution < -0.4 is 5.32 Å². The van der Waals surface area contributed by atoms with E-state index in [0.717, 1.165) is 0 Å². The summed E-state index contributed by atoms with van der Waals surface area (Å²) >= 11 is 1.29. The number of anilines is 1. The molecule has 0 radical (unpaired) electrons. The zero-order valence-corrected chi connectivity index (χ0v) is 11.9. The standard InChI is InChI=1S/C10H16N2O4S2/c1-3-16-9(13)8-7-17-10(12-8)11-5-4-6-18(2,14)15/h7H,3-6H2,1-2H3,(H,11,12). The third kappa shape index (κ3) is 5.46. The van der Waals surface area contributed by atoms with Crippen molar-refractivity contribution in [2.24, 2.45) is 0 Å². The van der Waals surface area contributed by atoms with Crippen LogP contribution in [0.15, 0.2) is 5.38 Å². The Hall–Kier alpha value is -1.15. The summed E-state index contributed by atoms with van der Waals surface area (Å²) in [6.07, 6.45) is 1.71. The summed E-state index contributed by atoms with van der Waals surface area (Å²) in [5.41, 5.74) is 0.271. The number of hydrogen-bond acceptors (Lipinski definition) is 7. The lowest BCUT2D eigenvalue weighted by Crippen LogP contribution is -2.10. The first-order valence-corrected chi connectivity index (χ1v) is 8.40. The summed E-state index contributed by atoms with van der Waals surface area (Å²) in [4.78, 5) is 15.4. The van der Waals surface area contributed by atoms with Gasteiger partial charge in [-0.1, -0.05) is 0 Å². The first-order chi connectivity index (χ1) is 8.42. The Kier molecular flexibility index (Phi) is 5.54.